The molecule has 1 unspecified atom stereocenters. The zero-order valence-corrected chi connectivity index (χ0v) is 20.4. The average molecular weight is 506 g/mol. The van der Waals surface area contributed by atoms with E-state index in [1.54, 1.807) is 18.3 Å². The van der Waals surface area contributed by atoms with Gasteiger partial charge in [0, 0.05) is 19.4 Å². The van der Waals surface area contributed by atoms with Crippen molar-refractivity contribution in [1.82, 2.24) is 29.0 Å². The molecule has 2 amide bonds. The number of nitrogens with zero attached hydrogens (tertiary/aromatic N) is 6. The molecular formula is C25H24FN7O4. The molecule has 5 heterocycles. The Labute approximate surface area is 210 Å². The maximum Gasteiger partial charge on any atom is 0.280 e. The van der Waals surface area contributed by atoms with Crippen molar-refractivity contribution in [2.24, 2.45) is 0 Å². The molecule has 0 bridgehead atoms. The lowest BCUT2D eigenvalue weighted by molar-refractivity contribution is -0.116. The number of ether oxygens (including phenoxy) is 1. The fourth-order valence-corrected chi connectivity index (χ4v) is 4.48. The molecule has 1 atom stereocenters. The Hall–Kier alpha value is -4.45. The van der Waals surface area contributed by atoms with E-state index in [2.05, 4.69) is 20.4 Å². The van der Waals surface area contributed by atoms with Crippen LogP contribution in [0.15, 0.2) is 47.5 Å². The fraction of sp³-hybridized carbons (Fsp3) is 0.280. The van der Waals surface area contributed by atoms with Gasteiger partial charge in [-0.3, -0.25) is 19.4 Å². The summed E-state index contributed by atoms with van der Waals surface area (Å²) < 4.78 is 21.1. The molecule has 1 N–H and O–H groups in total. The second kappa shape index (κ2) is 9.54. The Kier molecular flexibility index (Phi) is 6.25. The maximum absolute atomic E-state index is 13.5. The molecule has 1 aliphatic rings. The number of carbonyl (C=O) groups excluding carboxylic acids is 2. The van der Waals surface area contributed by atoms with E-state index in [0.29, 0.717) is 11.4 Å². The van der Waals surface area contributed by atoms with Crippen LogP contribution in [0.25, 0.3) is 17.0 Å². The van der Waals surface area contributed by atoms with Gasteiger partial charge in [0.2, 0.25) is 5.91 Å². The third kappa shape index (κ3) is 4.35. The highest BCUT2D eigenvalue weighted by atomic mass is 19.1. The Bertz CT molecular complexity index is 1580. The van der Waals surface area contributed by atoms with Crippen molar-refractivity contribution in [1.29, 1.82) is 0 Å². The molecular weight excluding hydrogens is 481 g/mol. The van der Waals surface area contributed by atoms with Crippen LogP contribution < -0.4 is 10.9 Å². The van der Waals surface area contributed by atoms with Crippen LogP contribution in [0.1, 0.15) is 28.5 Å². The molecule has 37 heavy (non-hydrogen) atoms. The van der Waals surface area contributed by atoms with Gasteiger partial charge in [0.25, 0.3) is 11.5 Å². The predicted octanol–water partition coefficient (Wildman–Crippen LogP) is 2.03. The highest BCUT2D eigenvalue weighted by molar-refractivity contribution is 5.99. The van der Waals surface area contributed by atoms with Gasteiger partial charge in [-0.15, -0.1) is 0 Å². The standard InChI is InChI=1S/C25H24FN7O4/c1-14-5-4-8-27-22(14)18-9-21-32(12-20(34)29-19-7-6-16(26)10-28-19)23-17(24(35)33(21)30-18)11-31(25(23)36)15(2)13-37-3/h4-10,15H,11-13H2,1-3H3,(H,28,29,34). The number of nitrogens with one attached hydrogen (secondary N) is 1. The zero-order valence-electron chi connectivity index (χ0n) is 20.4. The van der Waals surface area contributed by atoms with Crippen LogP contribution in [0.3, 0.4) is 0 Å². The Morgan fingerprint density at radius 2 is 2.05 bits per heavy atom. The quantitative estimate of drug-likeness (QED) is 0.408. The molecule has 1 aliphatic heterocycles. The van der Waals surface area contributed by atoms with Crippen molar-refractivity contribution in [3.05, 3.63) is 75.7 Å². The van der Waals surface area contributed by atoms with Crippen molar-refractivity contribution in [2.75, 3.05) is 19.0 Å². The Balaban J connectivity index is 1.63. The van der Waals surface area contributed by atoms with Crippen molar-refractivity contribution in [3.8, 4) is 11.4 Å². The van der Waals surface area contributed by atoms with Gasteiger partial charge in [-0.05, 0) is 37.6 Å². The smallest absolute Gasteiger partial charge is 0.280 e. The highest BCUT2D eigenvalue weighted by Gasteiger charge is 2.37. The van der Waals surface area contributed by atoms with E-state index in [9.17, 15) is 18.8 Å². The number of anilines is 1. The number of methoxy groups -OCH3 is 1. The number of fused-ring (bicyclic) bond motifs is 2. The van der Waals surface area contributed by atoms with Crippen molar-refractivity contribution < 1.29 is 18.7 Å². The number of carbonyl (C=O) groups is 2. The second-order valence-electron chi connectivity index (χ2n) is 8.83. The number of halogens is 1. The number of hydrogen-bond donors (Lipinski definition) is 1. The summed E-state index contributed by atoms with van der Waals surface area (Å²) in [5.41, 5.74) is 2.05. The SMILES string of the molecule is COCC(C)N1Cc2c(n(CC(=O)Nc3ccc(F)cn3)c3cc(-c4ncccc4C)nn3c2=O)C1=O. The largest absolute Gasteiger partial charge is 0.383 e. The number of hydrogen-bond acceptors (Lipinski definition) is 7. The lowest BCUT2D eigenvalue weighted by Crippen LogP contribution is -2.37. The van der Waals surface area contributed by atoms with Gasteiger partial charge in [0.1, 0.15) is 35.2 Å². The third-order valence-electron chi connectivity index (χ3n) is 6.25. The average Bonchev–Trinajstić information content (AvgIpc) is 3.46. The first-order chi connectivity index (χ1) is 17.8. The summed E-state index contributed by atoms with van der Waals surface area (Å²) in [4.78, 5) is 49.8. The minimum atomic E-state index is -0.537. The number of amides is 2. The van der Waals surface area contributed by atoms with Crippen molar-refractivity contribution >= 4 is 23.3 Å². The van der Waals surface area contributed by atoms with Gasteiger partial charge < -0.3 is 19.5 Å². The van der Waals surface area contributed by atoms with E-state index < -0.39 is 17.3 Å². The Morgan fingerprint density at radius 1 is 1.24 bits per heavy atom. The van der Waals surface area contributed by atoms with E-state index >= 15 is 0 Å². The molecule has 0 aliphatic carbocycles. The van der Waals surface area contributed by atoms with Gasteiger partial charge >= 0.3 is 0 Å². The van der Waals surface area contributed by atoms with E-state index in [1.807, 2.05) is 19.9 Å². The Morgan fingerprint density at radius 3 is 2.76 bits per heavy atom. The first kappa shape index (κ1) is 24.3. The molecule has 0 radical (unpaired) electrons. The van der Waals surface area contributed by atoms with E-state index in [0.717, 1.165) is 11.8 Å². The van der Waals surface area contributed by atoms with Crippen LogP contribution >= 0.6 is 0 Å². The summed E-state index contributed by atoms with van der Waals surface area (Å²) in [6.45, 7) is 3.73. The molecule has 0 saturated heterocycles. The van der Waals surface area contributed by atoms with Gasteiger partial charge in [-0.1, -0.05) is 6.07 Å². The molecule has 0 spiro atoms. The summed E-state index contributed by atoms with van der Waals surface area (Å²) in [6.07, 6.45) is 2.61. The lowest BCUT2D eigenvalue weighted by Gasteiger charge is -2.23. The molecule has 12 heteroatoms. The molecule has 0 saturated carbocycles. The summed E-state index contributed by atoms with van der Waals surface area (Å²) in [7, 11) is 1.53. The molecule has 0 aromatic carbocycles. The van der Waals surface area contributed by atoms with E-state index in [4.69, 9.17) is 4.74 Å². The van der Waals surface area contributed by atoms with E-state index in [-0.39, 0.29) is 54.4 Å². The number of pyridine rings is 2. The fourth-order valence-electron chi connectivity index (χ4n) is 4.48. The van der Waals surface area contributed by atoms with Crippen LogP contribution in [-0.2, 0) is 22.6 Å². The maximum atomic E-state index is 13.5. The van der Waals surface area contributed by atoms with Gasteiger partial charge in [-0.25, -0.2) is 9.37 Å². The summed E-state index contributed by atoms with van der Waals surface area (Å²) >= 11 is 0. The zero-order chi connectivity index (χ0) is 26.3. The highest BCUT2D eigenvalue weighted by Crippen LogP contribution is 2.27. The summed E-state index contributed by atoms with van der Waals surface area (Å²) in [5.74, 6) is -1.28. The van der Waals surface area contributed by atoms with Crippen molar-refractivity contribution in [3.63, 3.8) is 0 Å². The minimum absolute atomic E-state index is 0.0619. The molecule has 11 nitrogen and oxygen atoms in total. The predicted molar refractivity (Wildman–Crippen MR) is 131 cm³/mol. The summed E-state index contributed by atoms with van der Waals surface area (Å²) in [6, 6.07) is 7.52. The van der Waals surface area contributed by atoms with Crippen molar-refractivity contribution in [2.45, 2.75) is 33.0 Å². The number of aryl methyl sites for hydroxylation is 1. The van der Waals surface area contributed by atoms with Crippen LogP contribution in [0.5, 0.6) is 0 Å². The first-order valence-electron chi connectivity index (χ1n) is 11.6. The molecule has 4 aromatic rings. The van der Waals surface area contributed by atoms with Gasteiger partial charge in [0.05, 0.1) is 36.6 Å². The lowest BCUT2D eigenvalue weighted by atomic mass is 10.2. The third-order valence-corrected chi connectivity index (χ3v) is 6.25. The minimum Gasteiger partial charge on any atom is -0.383 e. The van der Waals surface area contributed by atoms with Crippen LogP contribution in [0, 0.1) is 12.7 Å². The van der Waals surface area contributed by atoms with Crippen LogP contribution in [0.2, 0.25) is 0 Å². The van der Waals surface area contributed by atoms with E-state index in [1.165, 1.54) is 33.2 Å². The van der Waals surface area contributed by atoms with Crippen LogP contribution in [0.4, 0.5) is 10.2 Å². The monoisotopic (exact) mass is 505 g/mol. The number of rotatable bonds is 7. The first-order valence-corrected chi connectivity index (χ1v) is 11.6. The second-order valence-corrected chi connectivity index (χ2v) is 8.83. The number of aromatic nitrogens is 5. The topological polar surface area (TPSA) is 124 Å². The normalized spacial score (nSPS) is 13.7. The molecule has 5 rings (SSSR count). The van der Waals surface area contributed by atoms with Gasteiger partial charge in [-0.2, -0.15) is 9.61 Å². The van der Waals surface area contributed by atoms with Gasteiger partial charge in [0.15, 0.2) is 0 Å². The molecule has 4 aromatic heterocycles. The molecule has 0 fully saturated rings. The van der Waals surface area contributed by atoms with Crippen LogP contribution in [-0.4, -0.2) is 60.6 Å². The molecule has 190 valence electrons. The summed E-state index contributed by atoms with van der Waals surface area (Å²) in [5, 5.41) is 7.10.